The normalized spacial score (nSPS) is 21.4. The Hall–Kier alpha value is -5.07. The summed E-state index contributed by atoms with van der Waals surface area (Å²) < 4.78 is 76.7. The van der Waals surface area contributed by atoms with Crippen molar-refractivity contribution in [3.8, 4) is 11.4 Å². The second-order valence-electron chi connectivity index (χ2n) is 15.9. The van der Waals surface area contributed by atoms with E-state index in [0.717, 1.165) is 0 Å². The van der Waals surface area contributed by atoms with Gasteiger partial charge in [0.2, 0.25) is 23.6 Å². The second-order valence-corrected chi connectivity index (χ2v) is 15.9. The molecule has 326 valence electrons. The number of carbonyl (C=O) groups excluding carboxylic acids is 4. The molecule has 18 heteroatoms. The van der Waals surface area contributed by atoms with Gasteiger partial charge in [0.05, 0.1) is 41.6 Å². The summed E-state index contributed by atoms with van der Waals surface area (Å²) in [5.41, 5.74) is 0.587. The molecule has 8 atom stereocenters. The lowest BCUT2D eigenvalue weighted by atomic mass is 9.94. The third-order valence-electron chi connectivity index (χ3n) is 12.0. The number of β-amino-alcohol motifs (C(OH)–C–C–N with tert-alkyl or cyclic N) is 1. The van der Waals surface area contributed by atoms with Crippen molar-refractivity contribution < 1.29 is 46.2 Å². The van der Waals surface area contributed by atoms with Gasteiger partial charge in [-0.2, -0.15) is 0 Å². The smallest absolute Gasteiger partial charge is 0.245 e. The summed E-state index contributed by atoms with van der Waals surface area (Å²) in [6, 6.07) is -0.367. The number of hydrogen-bond donors (Lipinski definition) is 7. The minimum Gasteiger partial charge on any atom is -0.391 e. The zero-order valence-corrected chi connectivity index (χ0v) is 34.4. The number of nitrogens with zero attached hydrogens (tertiary/aromatic N) is 2. The van der Waals surface area contributed by atoms with Crippen LogP contribution >= 0.6 is 0 Å². The predicted molar refractivity (Wildman–Crippen MR) is 215 cm³/mol. The molecule has 7 N–H and O–H groups in total. The largest absolute Gasteiger partial charge is 0.391 e. The summed E-state index contributed by atoms with van der Waals surface area (Å²) in [6.07, 6.45) is -2.22. The highest BCUT2D eigenvalue weighted by Crippen LogP contribution is 2.41. The summed E-state index contributed by atoms with van der Waals surface area (Å²) in [7, 11) is 3.20. The van der Waals surface area contributed by atoms with E-state index in [0.29, 0.717) is 17.0 Å². The number of aliphatic hydroxyl groups excluding tert-OH is 1. The molecule has 2 saturated heterocycles. The summed E-state index contributed by atoms with van der Waals surface area (Å²) in [6.45, 7) is 6.33. The highest BCUT2D eigenvalue weighted by molar-refractivity contribution is 5.97. The number of carbonyl (C=O) groups is 4. The first-order valence-electron chi connectivity index (χ1n) is 20.4. The van der Waals surface area contributed by atoms with E-state index in [-0.39, 0.29) is 79.5 Å². The first-order chi connectivity index (χ1) is 28.5. The number of likely N-dealkylation sites (tertiary alicyclic amines) is 2. The molecule has 4 amide bonds. The van der Waals surface area contributed by atoms with Crippen LogP contribution in [0.1, 0.15) is 64.5 Å². The Balaban J connectivity index is 1.45. The number of H-pyrrole nitrogens is 2. The fraction of sp³-hybridized carbons (Fsp3) is 0.524. The maximum Gasteiger partial charge on any atom is 0.245 e. The van der Waals surface area contributed by atoms with Gasteiger partial charge < -0.3 is 46.1 Å². The number of aromatic amines is 2. The van der Waals surface area contributed by atoms with Crippen molar-refractivity contribution in [1.29, 1.82) is 0 Å². The van der Waals surface area contributed by atoms with Gasteiger partial charge >= 0.3 is 0 Å². The van der Waals surface area contributed by atoms with Crippen LogP contribution in [0.5, 0.6) is 0 Å². The molecule has 2 aromatic carbocycles. The quantitative estimate of drug-likeness (QED) is 0.0703. The number of hydrogen-bond acceptors (Lipinski definition) is 7. The first-order valence-corrected chi connectivity index (χ1v) is 20.4. The van der Waals surface area contributed by atoms with Gasteiger partial charge in [0, 0.05) is 47.4 Å². The van der Waals surface area contributed by atoms with Gasteiger partial charge in [-0.05, 0) is 89.4 Å². The van der Waals surface area contributed by atoms with Crippen LogP contribution in [0.3, 0.4) is 0 Å². The minimum absolute atomic E-state index is 0.0196. The number of amides is 4. The SMILES string of the molecule is CCC(NC(=O)C(C)NC)C(=O)N1CC(O)CC1Cc1c(-c2[nH]c3cc(F)ccc3c2CC2CC(F)CN2C(=O)C(CC)NC(=O)C(C)NC)[nH]c2c(F)c(F)cc(F)c12. The van der Waals surface area contributed by atoms with Gasteiger partial charge in [0.25, 0.3) is 0 Å². The molecular weight excluding hydrogens is 792 g/mol. The molecule has 8 unspecified atom stereocenters. The minimum atomic E-state index is -1.46. The number of fused-ring (bicyclic) bond motifs is 2. The summed E-state index contributed by atoms with van der Waals surface area (Å²) >= 11 is 0. The van der Waals surface area contributed by atoms with Crippen LogP contribution in [0.15, 0.2) is 24.3 Å². The van der Waals surface area contributed by atoms with E-state index in [4.69, 9.17) is 0 Å². The number of halogens is 5. The molecule has 2 aromatic heterocycles. The number of alkyl halides is 1. The number of nitrogens with one attached hydrogen (secondary N) is 6. The highest BCUT2D eigenvalue weighted by atomic mass is 19.2. The van der Waals surface area contributed by atoms with Gasteiger partial charge in [-0.3, -0.25) is 19.2 Å². The van der Waals surface area contributed by atoms with E-state index < -0.39 is 101 Å². The van der Waals surface area contributed by atoms with E-state index in [1.165, 1.54) is 28.0 Å². The third-order valence-corrected chi connectivity index (χ3v) is 12.0. The van der Waals surface area contributed by atoms with Crippen LogP contribution < -0.4 is 21.3 Å². The summed E-state index contributed by atoms with van der Waals surface area (Å²) in [5, 5.41) is 22.2. The molecule has 2 aliphatic rings. The molecule has 2 fully saturated rings. The maximum absolute atomic E-state index is 16.0. The Bertz CT molecular complexity index is 2270. The van der Waals surface area contributed by atoms with Crippen molar-refractivity contribution >= 4 is 45.4 Å². The zero-order chi connectivity index (χ0) is 43.7. The van der Waals surface area contributed by atoms with E-state index >= 15 is 13.2 Å². The molecule has 0 radical (unpaired) electrons. The summed E-state index contributed by atoms with van der Waals surface area (Å²) in [5.74, 6) is -6.37. The van der Waals surface area contributed by atoms with Crippen LogP contribution in [0.4, 0.5) is 22.0 Å². The molecule has 4 heterocycles. The average Bonchev–Trinajstić information content (AvgIpc) is 3.99. The Morgan fingerprint density at radius 3 is 1.92 bits per heavy atom. The highest BCUT2D eigenvalue weighted by Gasteiger charge is 2.41. The molecule has 13 nitrogen and oxygen atoms in total. The molecule has 6 rings (SSSR count). The van der Waals surface area contributed by atoms with Crippen molar-refractivity contribution in [3.05, 3.63) is 58.7 Å². The van der Waals surface area contributed by atoms with Gasteiger partial charge in [0.15, 0.2) is 11.6 Å². The number of benzene rings is 2. The molecule has 2 aliphatic heterocycles. The topological polar surface area (TPSA) is 175 Å². The van der Waals surface area contributed by atoms with Crippen LogP contribution in [0.2, 0.25) is 0 Å². The molecule has 0 saturated carbocycles. The van der Waals surface area contributed by atoms with E-state index in [1.54, 1.807) is 41.8 Å². The zero-order valence-electron chi connectivity index (χ0n) is 34.4. The predicted octanol–water partition coefficient (Wildman–Crippen LogP) is 3.86. The lowest BCUT2D eigenvalue weighted by molar-refractivity contribution is -0.138. The monoisotopic (exact) mass is 844 g/mol. The third kappa shape index (κ3) is 8.72. The Labute approximate surface area is 344 Å². The molecule has 0 aliphatic carbocycles. The van der Waals surface area contributed by atoms with Crippen LogP contribution in [-0.4, -0.2) is 124 Å². The van der Waals surface area contributed by atoms with Crippen molar-refractivity contribution in [1.82, 2.24) is 41.0 Å². The molecule has 0 spiro atoms. The average molecular weight is 845 g/mol. The number of likely N-dealkylation sites (N-methyl/N-ethyl adjacent to an activating group) is 2. The van der Waals surface area contributed by atoms with Gasteiger partial charge in [-0.25, -0.2) is 22.0 Å². The van der Waals surface area contributed by atoms with E-state index in [2.05, 4.69) is 31.2 Å². The van der Waals surface area contributed by atoms with E-state index in [9.17, 15) is 33.1 Å². The van der Waals surface area contributed by atoms with Crippen molar-refractivity contribution in [2.45, 2.75) is 115 Å². The molecular formula is C42H53F5N8O5. The van der Waals surface area contributed by atoms with Crippen molar-refractivity contribution in [3.63, 3.8) is 0 Å². The van der Waals surface area contributed by atoms with Crippen LogP contribution in [0.25, 0.3) is 33.2 Å². The standard InChI is InChI=1S/C42H53F5N8O5/c1-7-31(51-39(57)19(3)48-5)41(59)54-17-22(44)11-23(54)14-27-26-10-9-21(43)12-33(26)50-36(27)37-28(34-29(45)16-30(46)35(47)38(34)53-37)15-24-13-25(56)18-55(24)42(60)32(8-2)52-40(58)20(4)49-6/h9-10,12,16,19-20,22-25,31-32,48-50,53,56H,7-8,11,13-15,17-18H2,1-6H3,(H,51,57)(H,52,58). The molecule has 60 heavy (non-hydrogen) atoms. The lowest BCUT2D eigenvalue weighted by Gasteiger charge is -2.30. The lowest BCUT2D eigenvalue weighted by Crippen LogP contribution is -2.53. The Morgan fingerprint density at radius 2 is 1.33 bits per heavy atom. The number of rotatable bonds is 15. The maximum atomic E-state index is 16.0. The van der Waals surface area contributed by atoms with Crippen molar-refractivity contribution in [2.24, 2.45) is 0 Å². The number of aliphatic hydroxyl groups is 1. The first kappa shape index (κ1) is 44.5. The van der Waals surface area contributed by atoms with E-state index in [1.807, 2.05) is 0 Å². The van der Waals surface area contributed by atoms with Crippen LogP contribution in [0, 0.1) is 23.3 Å². The van der Waals surface area contributed by atoms with Crippen LogP contribution in [-0.2, 0) is 32.0 Å². The fourth-order valence-corrected chi connectivity index (χ4v) is 8.49. The Morgan fingerprint density at radius 1 is 0.783 bits per heavy atom. The van der Waals surface area contributed by atoms with Gasteiger partial charge in [0.1, 0.15) is 29.9 Å². The van der Waals surface area contributed by atoms with Crippen molar-refractivity contribution in [2.75, 3.05) is 27.2 Å². The van der Waals surface area contributed by atoms with Gasteiger partial charge in [-0.15, -0.1) is 0 Å². The fourth-order valence-electron chi connectivity index (χ4n) is 8.49. The Kier molecular flexibility index (Phi) is 13.5. The second kappa shape index (κ2) is 18.3. The summed E-state index contributed by atoms with van der Waals surface area (Å²) in [4.78, 5) is 62.4. The molecule has 0 bridgehead atoms. The molecule has 4 aromatic rings. The number of aromatic nitrogens is 2. The van der Waals surface area contributed by atoms with Gasteiger partial charge in [-0.1, -0.05) is 13.8 Å².